The highest BCUT2D eigenvalue weighted by Gasteiger charge is 2.64. The van der Waals surface area contributed by atoms with Crippen LogP contribution in [0.4, 0.5) is 5.13 Å². The normalized spacial score (nSPS) is 19.6. The molecule has 0 radical (unpaired) electrons. The van der Waals surface area contributed by atoms with Gasteiger partial charge in [0.15, 0.2) is 5.13 Å². The highest BCUT2D eigenvalue weighted by atomic mass is 32.1. The molecule has 112 valence electrons. The first-order chi connectivity index (χ1) is 9.73. The molecular weight excluding hydrogens is 282 g/mol. The molecule has 1 fully saturated rings. The van der Waals surface area contributed by atoms with E-state index in [1.54, 1.807) is 6.07 Å². The predicted octanol–water partition coefficient (Wildman–Crippen LogP) is 3.29. The van der Waals surface area contributed by atoms with Gasteiger partial charge in [-0.3, -0.25) is 4.79 Å². The summed E-state index contributed by atoms with van der Waals surface area (Å²) in [5, 5.41) is 3.59. The maximum atomic E-state index is 12.3. The van der Waals surface area contributed by atoms with E-state index in [1.807, 2.05) is 12.1 Å². The van der Waals surface area contributed by atoms with E-state index in [-0.39, 0.29) is 16.7 Å². The summed E-state index contributed by atoms with van der Waals surface area (Å²) in [4.78, 5) is 16.5. The van der Waals surface area contributed by atoms with Gasteiger partial charge in [0.05, 0.1) is 10.2 Å². The number of nitrogen functional groups attached to an aromatic ring is 1. The van der Waals surface area contributed by atoms with Gasteiger partial charge in [-0.05, 0) is 34.9 Å². The smallest absolute Gasteiger partial charge is 0.251 e. The number of aromatic nitrogens is 1. The van der Waals surface area contributed by atoms with Gasteiger partial charge in [0.25, 0.3) is 5.91 Å². The van der Waals surface area contributed by atoms with Crippen molar-refractivity contribution in [3.05, 3.63) is 23.8 Å². The molecule has 1 heterocycles. The summed E-state index contributed by atoms with van der Waals surface area (Å²) < 4.78 is 0.951. The molecule has 0 atom stereocenters. The summed E-state index contributed by atoms with van der Waals surface area (Å²) in [5.41, 5.74) is 7.78. The third-order valence-corrected chi connectivity index (χ3v) is 6.30. The van der Waals surface area contributed by atoms with E-state index >= 15 is 0 Å². The molecule has 3 rings (SSSR count). The molecule has 4 nitrogen and oxygen atoms in total. The monoisotopic (exact) mass is 303 g/mol. The van der Waals surface area contributed by atoms with Crippen LogP contribution in [0.15, 0.2) is 18.2 Å². The minimum atomic E-state index is -0.0256. The van der Waals surface area contributed by atoms with Crippen LogP contribution in [-0.2, 0) is 0 Å². The van der Waals surface area contributed by atoms with Gasteiger partial charge >= 0.3 is 0 Å². The van der Waals surface area contributed by atoms with Gasteiger partial charge in [-0.15, -0.1) is 0 Å². The van der Waals surface area contributed by atoms with E-state index in [0.717, 1.165) is 16.8 Å². The minimum Gasteiger partial charge on any atom is -0.375 e. The van der Waals surface area contributed by atoms with Crippen LogP contribution in [0.2, 0.25) is 0 Å². The van der Waals surface area contributed by atoms with E-state index in [0.29, 0.717) is 16.6 Å². The molecular formula is C16H21N3OS. The number of rotatable bonds is 3. The summed E-state index contributed by atoms with van der Waals surface area (Å²) in [6.07, 6.45) is 0. The van der Waals surface area contributed by atoms with Crippen LogP contribution < -0.4 is 11.1 Å². The number of nitrogens with zero attached hydrogens (tertiary/aromatic N) is 1. The van der Waals surface area contributed by atoms with Crippen molar-refractivity contribution in [1.29, 1.82) is 0 Å². The summed E-state index contributed by atoms with van der Waals surface area (Å²) in [5.74, 6) is 0.499. The number of carbonyl (C=O) groups excluding carboxylic acids is 1. The van der Waals surface area contributed by atoms with Crippen molar-refractivity contribution >= 4 is 32.6 Å². The molecule has 0 saturated heterocycles. The Bertz CT molecular complexity index is 703. The molecule has 1 aromatic heterocycles. The van der Waals surface area contributed by atoms with Crippen molar-refractivity contribution < 1.29 is 4.79 Å². The molecule has 0 bridgehead atoms. The molecule has 0 aliphatic heterocycles. The number of nitrogens with one attached hydrogen (secondary N) is 1. The zero-order chi connectivity index (χ0) is 15.4. The second-order valence-corrected chi connectivity index (χ2v) is 8.00. The van der Waals surface area contributed by atoms with Crippen molar-refractivity contribution in [3.8, 4) is 0 Å². The van der Waals surface area contributed by atoms with Crippen molar-refractivity contribution in [2.75, 3.05) is 12.3 Å². The SMILES string of the molecule is CC1(C)C(CNC(=O)c2ccc3nc(N)sc3c2)C1(C)C. The average Bonchev–Trinajstić information content (AvgIpc) is 2.70. The van der Waals surface area contributed by atoms with Crippen LogP contribution in [0.1, 0.15) is 38.1 Å². The van der Waals surface area contributed by atoms with Gasteiger partial charge in [-0.2, -0.15) is 0 Å². The Kier molecular flexibility index (Phi) is 3.03. The molecule has 2 aromatic rings. The first kappa shape index (κ1) is 14.3. The molecule has 1 aliphatic rings. The molecule has 1 aromatic carbocycles. The number of hydrogen-bond donors (Lipinski definition) is 2. The fraction of sp³-hybridized carbons (Fsp3) is 0.500. The average molecular weight is 303 g/mol. The molecule has 5 heteroatoms. The Balaban J connectivity index is 1.70. The standard InChI is InChI=1S/C16H21N3OS/c1-15(2)12(16(15,3)4)8-18-13(20)9-5-6-10-11(7-9)21-14(17)19-10/h5-7,12H,8H2,1-4H3,(H2,17,19)(H,18,20). The van der Waals surface area contributed by atoms with Crippen LogP contribution in [-0.4, -0.2) is 17.4 Å². The molecule has 1 saturated carbocycles. The number of carbonyl (C=O) groups is 1. The highest BCUT2D eigenvalue weighted by molar-refractivity contribution is 7.22. The quantitative estimate of drug-likeness (QED) is 0.914. The second-order valence-electron chi connectivity index (χ2n) is 6.94. The van der Waals surface area contributed by atoms with Crippen LogP contribution in [0.5, 0.6) is 0 Å². The summed E-state index contributed by atoms with van der Waals surface area (Å²) in [7, 11) is 0. The Hall–Kier alpha value is -1.62. The van der Waals surface area contributed by atoms with Gasteiger partial charge in [-0.25, -0.2) is 4.98 Å². The van der Waals surface area contributed by atoms with Gasteiger partial charge < -0.3 is 11.1 Å². The van der Waals surface area contributed by atoms with Crippen LogP contribution >= 0.6 is 11.3 Å². The molecule has 21 heavy (non-hydrogen) atoms. The number of benzene rings is 1. The second kappa shape index (κ2) is 4.44. The van der Waals surface area contributed by atoms with Crippen LogP contribution in [0, 0.1) is 16.7 Å². The zero-order valence-corrected chi connectivity index (χ0v) is 13.7. The fourth-order valence-electron chi connectivity index (χ4n) is 3.22. The van der Waals surface area contributed by atoms with Crippen LogP contribution in [0.3, 0.4) is 0 Å². The largest absolute Gasteiger partial charge is 0.375 e. The Labute approximate surface area is 128 Å². The minimum absolute atomic E-state index is 0.0256. The number of fused-ring (bicyclic) bond motifs is 1. The fourth-order valence-corrected chi connectivity index (χ4v) is 4.00. The van der Waals surface area contributed by atoms with E-state index in [2.05, 4.69) is 38.0 Å². The number of thiazole rings is 1. The topological polar surface area (TPSA) is 68.0 Å². The lowest BCUT2D eigenvalue weighted by molar-refractivity contribution is 0.0950. The van der Waals surface area contributed by atoms with E-state index in [1.165, 1.54) is 11.3 Å². The van der Waals surface area contributed by atoms with Crippen molar-refractivity contribution in [2.45, 2.75) is 27.7 Å². The van der Waals surface area contributed by atoms with Crippen LogP contribution in [0.25, 0.3) is 10.2 Å². The summed E-state index contributed by atoms with van der Waals surface area (Å²) in [6.45, 7) is 9.76. The van der Waals surface area contributed by atoms with E-state index < -0.39 is 0 Å². The Morgan fingerprint density at radius 1 is 1.33 bits per heavy atom. The Morgan fingerprint density at radius 2 is 2.00 bits per heavy atom. The number of anilines is 1. The third-order valence-electron chi connectivity index (χ3n) is 5.45. The lowest BCUT2D eigenvalue weighted by Gasteiger charge is -2.06. The molecule has 0 spiro atoms. The lowest BCUT2D eigenvalue weighted by Crippen LogP contribution is -2.27. The van der Waals surface area contributed by atoms with Gasteiger partial charge in [0.1, 0.15) is 0 Å². The van der Waals surface area contributed by atoms with Crippen molar-refractivity contribution in [1.82, 2.24) is 10.3 Å². The number of nitrogens with two attached hydrogens (primary N) is 1. The van der Waals surface area contributed by atoms with E-state index in [4.69, 9.17) is 5.73 Å². The molecule has 1 amide bonds. The number of amides is 1. The van der Waals surface area contributed by atoms with Crippen molar-refractivity contribution in [2.24, 2.45) is 16.7 Å². The van der Waals surface area contributed by atoms with Crippen molar-refractivity contribution in [3.63, 3.8) is 0 Å². The third kappa shape index (κ3) is 2.20. The van der Waals surface area contributed by atoms with E-state index in [9.17, 15) is 4.79 Å². The maximum absolute atomic E-state index is 12.3. The predicted molar refractivity (Wildman–Crippen MR) is 87.4 cm³/mol. The summed E-state index contributed by atoms with van der Waals surface area (Å²) in [6, 6.07) is 5.52. The lowest BCUT2D eigenvalue weighted by atomic mass is 10.0. The molecule has 0 unspecified atom stereocenters. The summed E-state index contributed by atoms with van der Waals surface area (Å²) >= 11 is 1.41. The maximum Gasteiger partial charge on any atom is 0.251 e. The Morgan fingerprint density at radius 3 is 2.62 bits per heavy atom. The number of hydrogen-bond acceptors (Lipinski definition) is 4. The highest BCUT2D eigenvalue weighted by Crippen LogP contribution is 2.67. The van der Waals surface area contributed by atoms with Gasteiger partial charge in [0, 0.05) is 12.1 Å². The first-order valence-electron chi connectivity index (χ1n) is 7.18. The molecule has 1 aliphatic carbocycles. The zero-order valence-electron chi connectivity index (χ0n) is 12.9. The first-order valence-corrected chi connectivity index (χ1v) is 7.99. The molecule has 3 N–H and O–H groups in total. The van der Waals surface area contributed by atoms with Gasteiger partial charge in [-0.1, -0.05) is 39.0 Å². The van der Waals surface area contributed by atoms with Gasteiger partial charge in [0.2, 0.25) is 0 Å².